The Bertz CT molecular complexity index is 282. The average Bonchev–Trinajstić information content (AvgIpc) is 3.01. The maximum absolute atomic E-state index is 5.99. The van der Waals surface area contributed by atoms with E-state index in [4.69, 9.17) is 14.2 Å². The van der Waals surface area contributed by atoms with Gasteiger partial charge in [0.15, 0.2) is 5.79 Å². The van der Waals surface area contributed by atoms with Crippen molar-refractivity contribution in [2.45, 2.75) is 56.8 Å². The van der Waals surface area contributed by atoms with E-state index in [-0.39, 0.29) is 5.79 Å². The van der Waals surface area contributed by atoms with E-state index >= 15 is 0 Å². The summed E-state index contributed by atoms with van der Waals surface area (Å²) in [6, 6.07) is 0. The third-order valence-electron chi connectivity index (χ3n) is 4.15. The predicted molar refractivity (Wildman–Crippen MR) is 64.8 cm³/mol. The van der Waals surface area contributed by atoms with Crippen molar-refractivity contribution in [1.29, 1.82) is 0 Å². The zero-order chi connectivity index (χ0) is 11.6. The first kappa shape index (κ1) is 11.7. The summed E-state index contributed by atoms with van der Waals surface area (Å²) in [5, 5.41) is 0. The van der Waals surface area contributed by atoms with Crippen molar-refractivity contribution in [1.82, 2.24) is 0 Å². The van der Waals surface area contributed by atoms with E-state index in [2.05, 4.69) is 6.08 Å². The van der Waals surface area contributed by atoms with E-state index < -0.39 is 0 Å². The third kappa shape index (κ3) is 2.72. The van der Waals surface area contributed by atoms with Gasteiger partial charge in [0.2, 0.25) is 0 Å². The maximum atomic E-state index is 5.99. The van der Waals surface area contributed by atoms with Crippen molar-refractivity contribution < 1.29 is 14.2 Å². The van der Waals surface area contributed by atoms with Gasteiger partial charge in [-0.15, -0.1) is 0 Å². The van der Waals surface area contributed by atoms with Crippen LogP contribution in [0.2, 0.25) is 0 Å². The van der Waals surface area contributed by atoms with Crippen molar-refractivity contribution in [2.24, 2.45) is 0 Å². The molecule has 1 spiro atoms. The Morgan fingerprint density at radius 3 is 2.65 bits per heavy atom. The Morgan fingerprint density at radius 1 is 1.24 bits per heavy atom. The van der Waals surface area contributed by atoms with Crippen molar-refractivity contribution >= 4 is 0 Å². The summed E-state index contributed by atoms with van der Waals surface area (Å²) in [6.45, 7) is 2.37. The zero-order valence-corrected chi connectivity index (χ0v) is 10.5. The van der Waals surface area contributed by atoms with Gasteiger partial charge in [0.25, 0.3) is 0 Å². The molecule has 0 aromatic carbocycles. The monoisotopic (exact) mass is 238 g/mol. The standard InChI is InChI=1S/C14H22O3/c1-2-4-12(3-1)11-15-13-5-7-14(8-6-13)16-9-10-17-14/h3,13H,1-2,4-11H2. The molecule has 0 atom stereocenters. The summed E-state index contributed by atoms with van der Waals surface area (Å²) in [4.78, 5) is 0. The van der Waals surface area contributed by atoms with Crippen LogP contribution in [0.25, 0.3) is 0 Å². The molecule has 0 aromatic heterocycles. The first-order valence-electron chi connectivity index (χ1n) is 6.94. The minimum Gasteiger partial charge on any atom is -0.374 e. The molecule has 2 fully saturated rings. The Hall–Kier alpha value is -0.380. The fourth-order valence-corrected chi connectivity index (χ4v) is 3.08. The van der Waals surface area contributed by atoms with Crippen LogP contribution in [0.1, 0.15) is 44.9 Å². The zero-order valence-electron chi connectivity index (χ0n) is 10.5. The van der Waals surface area contributed by atoms with Crippen LogP contribution in [0.15, 0.2) is 11.6 Å². The smallest absolute Gasteiger partial charge is 0.168 e. The molecular formula is C14H22O3. The van der Waals surface area contributed by atoms with Crippen molar-refractivity contribution in [3.8, 4) is 0 Å². The summed E-state index contributed by atoms with van der Waals surface area (Å²) >= 11 is 0. The number of hydrogen-bond donors (Lipinski definition) is 0. The van der Waals surface area contributed by atoms with Crippen LogP contribution in [-0.2, 0) is 14.2 Å². The average molecular weight is 238 g/mol. The Labute approximate surface area is 103 Å². The quantitative estimate of drug-likeness (QED) is 0.708. The van der Waals surface area contributed by atoms with E-state index in [9.17, 15) is 0 Å². The summed E-state index contributed by atoms with van der Waals surface area (Å²) in [6.07, 6.45) is 10.7. The third-order valence-corrected chi connectivity index (χ3v) is 4.15. The lowest BCUT2D eigenvalue weighted by molar-refractivity contribution is -0.191. The van der Waals surface area contributed by atoms with Gasteiger partial charge in [-0.25, -0.2) is 0 Å². The summed E-state index contributed by atoms with van der Waals surface area (Å²) in [5.74, 6) is -0.244. The lowest BCUT2D eigenvalue weighted by Crippen LogP contribution is -2.37. The van der Waals surface area contributed by atoms with Gasteiger partial charge in [0, 0.05) is 12.8 Å². The van der Waals surface area contributed by atoms with Crippen LogP contribution in [0.4, 0.5) is 0 Å². The predicted octanol–water partition coefficient (Wildman–Crippen LogP) is 2.80. The maximum Gasteiger partial charge on any atom is 0.168 e. The van der Waals surface area contributed by atoms with Crippen molar-refractivity contribution in [3.63, 3.8) is 0 Å². The Kier molecular flexibility index (Phi) is 3.50. The topological polar surface area (TPSA) is 27.7 Å². The van der Waals surface area contributed by atoms with Gasteiger partial charge < -0.3 is 14.2 Å². The summed E-state index contributed by atoms with van der Waals surface area (Å²) in [5.41, 5.74) is 1.50. The second-order valence-corrected chi connectivity index (χ2v) is 5.37. The first-order valence-corrected chi connectivity index (χ1v) is 6.94. The molecule has 0 N–H and O–H groups in total. The normalized spacial score (nSPS) is 28.8. The van der Waals surface area contributed by atoms with Crippen molar-refractivity contribution in [2.75, 3.05) is 19.8 Å². The largest absolute Gasteiger partial charge is 0.374 e. The molecule has 0 aromatic rings. The molecule has 3 heteroatoms. The van der Waals surface area contributed by atoms with E-state index in [1.165, 1.54) is 24.8 Å². The number of hydrogen-bond acceptors (Lipinski definition) is 3. The molecule has 2 aliphatic carbocycles. The van der Waals surface area contributed by atoms with Crippen LogP contribution in [0.3, 0.4) is 0 Å². The van der Waals surface area contributed by atoms with Crippen LogP contribution >= 0.6 is 0 Å². The Morgan fingerprint density at radius 2 is 2.00 bits per heavy atom. The van der Waals surface area contributed by atoms with Crippen LogP contribution in [0.5, 0.6) is 0 Å². The first-order chi connectivity index (χ1) is 8.36. The van der Waals surface area contributed by atoms with Crippen molar-refractivity contribution in [3.05, 3.63) is 11.6 Å². The fourth-order valence-electron chi connectivity index (χ4n) is 3.08. The van der Waals surface area contributed by atoms with Gasteiger partial charge in [-0.2, -0.15) is 0 Å². The van der Waals surface area contributed by atoms with E-state index in [1.807, 2.05) is 0 Å². The molecule has 0 unspecified atom stereocenters. The van der Waals surface area contributed by atoms with E-state index in [1.54, 1.807) is 0 Å². The molecule has 96 valence electrons. The van der Waals surface area contributed by atoms with E-state index in [0.29, 0.717) is 6.10 Å². The van der Waals surface area contributed by atoms with Gasteiger partial charge in [0.05, 0.1) is 25.9 Å². The minimum absolute atomic E-state index is 0.244. The molecule has 3 nitrogen and oxygen atoms in total. The molecular weight excluding hydrogens is 216 g/mol. The second kappa shape index (κ2) is 5.09. The molecule has 0 amide bonds. The highest BCUT2D eigenvalue weighted by molar-refractivity contribution is 5.07. The lowest BCUT2D eigenvalue weighted by Gasteiger charge is -2.35. The highest BCUT2D eigenvalue weighted by Crippen LogP contribution is 2.36. The molecule has 1 saturated heterocycles. The van der Waals surface area contributed by atoms with Gasteiger partial charge in [-0.3, -0.25) is 0 Å². The Balaban J connectivity index is 1.42. The van der Waals surface area contributed by atoms with Gasteiger partial charge in [-0.1, -0.05) is 6.08 Å². The lowest BCUT2D eigenvalue weighted by atomic mass is 9.92. The fraction of sp³-hybridized carbons (Fsp3) is 0.857. The number of allylic oxidation sites excluding steroid dienone is 1. The van der Waals surface area contributed by atoms with E-state index in [0.717, 1.165) is 45.5 Å². The van der Waals surface area contributed by atoms with Crippen LogP contribution < -0.4 is 0 Å². The molecule has 3 rings (SSSR count). The number of rotatable bonds is 3. The van der Waals surface area contributed by atoms with Gasteiger partial charge in [0.1, 0.15) is 0 Å². The minimum atomic E-state index is -0.244. The molecule has 1 saturated carbocycles. The second-order valence-electron chi connectivity index (χ2n) is 5.37. The SMILES string of the molecule is C1=C(COC2CCC3(CC2)OCCO3)CCC1. The molecule has 0 bridgehead atoms. The molecule has 3 aliphatic rings. The summed E-state index contributed by atoms with van der Waals surface area (Å²) < 4.78 is 17.4. The van der Waals surface area contributed by atoms with Crippen LogP contribution in [-0.4, -0.2) is 31.7 Å². The highest BCUT2D eigenvalue weighted by atomic mass is 16.7. The highest BCUT2D eigenvalue weighted by Gasteiger charge is 2.40. The molecule has 0 radical (unpaired) electrons. The molecule has 1 aliphatic heterocycles. The molecule has 17 heavy (non-hydrogen) atoms. The molecule has 1 heterocycles. The van der Waals surface area contributed by atoms with Gasteiger partial charge in [-0.05, 0) is 37.7 Å². The summed E-state index contributed by atoms with van der Waals surface area (Å²) in [7, 11) is 0. The van der Waals surface area contributed by atoms with Crippen LogP contribution in [0, 0.1) is 0 Å². The number of ether oxygens (including phenoxy) is 3. The van der Waals surface area contributed by atoms with Gasteiger partial charge >= 0.3 is 0 Å².